The molecule has 1 heterocycles. The third-order valence-corrected chi connectivity index (χ3v) is 5.73. The van der Waals surface area contributed by atoms with Gasteiger partial charge in [0.1, 0.15) is 11.3 Å². The molecule has 5 nitrogen and oxygen atoms in total. The highest BCUT2D eigenvalue weighted by atomic mass is 79.9. The molecule has 3 aromatic carbocycles. The van der Waals surface area contributed by atoms with Crippen LogP contribution in [0.5, 0.6) is 5.75 Å². The van der Waals surface area contributed by atoms with Gasteiger partial charge in [0.25, 0.3) is 5.91 Å². The van der Waals surface area contributed by atoms with E-state index in [0.717, 1.165) is 9.86 Å². The van der Waals surface area contributed by atoms with Crippen LogP contribution in [0, 0.1) is 0 Å². The zero-order valence-electron chi connectivity index (χ0n) is 17.3. The molecule has 162 valence electrons. The van der Waals surface area contributed by atoms with Gasteiger partial charge in [-0.3, -0.25) is 4.79 Å². The van der Waals surface area contributed by atoms with Crippen molar-refractivity contribution in [2.45, 2.75) is 19.4 Å². The molecule has 0 saturated heterocycles. The lowest BCUT2D eigenvalue weighted by Crippen LogP contribution is -2.42. The summed E-state index contributed by atoms with van der Waals surface area (Å²) in [6, 6.07) is 21.2. The van der Waals surface area contributed by atoms with E-state index in [4.69, 9.17) is 20.8 Å². The van der Waals surface area contributed by atoms with Crippen LogP contribution in [0.2, 0.25) is 5.02 Å². The number of fused-ring (bicyclic) bond motifs is 1. The van der Waals surface area contributed by atoms with Gasteiger partial charge in [-0.15, -0.1) is 0 Å². The normalized spacial score (nSPS) is 11.4. The lowest BCUT2D eigenvalue weighted by molar-refractivity contribution is -0.128. The molecule has 4 aromatic rings. The van der Waals surface area contributed by atoms with Crippen molar-refractivity contribution in [2.24, 2.45) is 0 Å². The SMILES string of the molecule is CC(C)(Oc1ccc(Br)cc1)C(=O)Nc1ccc(-c2cc3ccccc3oc2=O)c(Cl)c1. The lowest BCUT2D eigenvalue weighted by Gasteiger charge is -2.25. The van der Waals surface area contributed by atoms with Crippen molar-refractivity contribution in [3.8, 4) is 16.9 Å². The summed E-state index contributed by atoms with van der Waals surface area (Å²) in [4.78, 5) is 25.3. The summed E-state index contributed by atoms with van der Waals surface area (Å²) in [5.41, 5.74) is 0.264. The number of para-hydroxylation sites is 1. The zero-order chi connectivity index (χ0) is 22.9. The molecule has 1 aromatic heterocycles. The number of nitrogens with one attached hydrogen (secondary N) is 1. The van der Waals surface area contributed by atoms with Crippen LogP contribution in [0.1, 0.15) is 13.8 Å². The predicted molar refractivity (Wildman–Crippen MR) is 130 cm³/mol. The van der Waals surface area contributed by atoms with Gasteiger partial charge in [-0.2, -0.15) is 0 Å². The number of halogens is 2. The molecule has 0 bridgehead atoms. The maximum atomic E-state index is 12.8. The third-order valence-electron chi connectivity index (χ3n) is 4.89. The highest BCUT2D eigenvalue weighted by Crippen LogP contribution is 2.31. The smallest absolute Gasteiger partial charge is 0.344 e. The van der Waals surface area contributed by atoms with E-state index in [1.165, 1.54) is 0 Å². The van der Waals surface area contributed by atoms with Gasteiger partial charge in [-0.05, 0) is 62.4 Å². The van der Waals surface area contributed by atoms with Crippen LogP contribution in [0.3, 0.4) is 0 Å². The van der Waals surface area contributed by atoms with E-state index in [9.17, 15) is 9.59 Å². The minimum atomic E-state index is -1.13. The fraction of sp³-hybridized carbons (Fsp3) is 0.120. The molecule has 0 spiro atoms. The largest absolute Gasteiger partial charge is 0.478 e. The number of anilines is 1. The maximum Gasteiger partial charge on any atom is 0.344 e. The molecule has 0 unspecified atom stereocenters. The average Bonchev–Trinajstić information content (AvgIpc) is 2.75. The van der Waals surface area contributed by atoms with Crippen LogP contribution in [0.4, 0.5) is 5.69 Å². The van der Waals surface area contributed by atoms with Crippen LogP contribution in [0.25, 0.3) is 22.1 Å². The Morgan fingerprint density at radius 2 is 1.72 bits per heavy atom. The van der Waals surface area contributed by atoms with E-state index in [1.54, 1.807) is 62.4 Å². The molecule has 0 aliphatic carbocycles. The summed E-state index contributed by atoms with van der Waals surface area (Å²) in [7, 11) is 0. The van der Waals surface area contributed by atoms with Crippen molar-refractivity contribution in [3.05, 3.63) is 92.7 Å². The second kappa shape index (κ2) is 8.81. The maximum absolute atomic E-state index is 12.8. The highest BCUT2D eigenvalue weighted by molar-refractivity contribution is 9.10. The Balaban J connectivity index is 1.56. The van der Waals surface area contributed by atoms with Gasteiger partial charge in [0.05, 0.1) is 10.6 Å². The van der Waals surface area contributed by atoms with Crippen LogP contribution in [-0.4, -0.2) is 11.5 Å². The molecular weight excluding hydrogens is 494 g/mol. The topological polar surface area (TPSA) is 68.5 Å². The molecule has 32 heavy (non-hydrogen) atoms. The van der Waals surface area contributed by atoms with Gasteiger partial charge in [0.2, 0.25) is 0 Å². The zero-order valence-corrected chi connectivity index (χ0v) is 19.7. The fourth-order valence-corrected chi connectivity index (χ4v) is 3.73. The number of amides is 1. The predicted octanol–water partition coefficient (Wildman–Crippen LogP) is 6.67. The first-order valence-electron chi connectivity index (χ1n) is 9.82. The minimum Gasteiger partial charge on any atom is -0.478 e. The first-order chi connectivity index (χ1) is 15.2. The van der Waals surface area contributed by atoms with Crippen molar-refractivity contribution in [2.75, 3.05) is 5.32 Å². The van der Waals surface area contributed by atoms with Crippen molar-refractivity contribution in [1.29, 1.82) is 0 Å². The Morgan fingerprint density at radius 1 is 1.00 bits per heavy atom. The second-order valence-electron chi connectivity index (χ2n) is 7.70. The number of rotatable bonds is 5. The van der Waals surface area contributed by atoms with Gasteiger partial charge in [-0.25, -0.2) is 4.79 Å². The summed E-state index contributed by atoms with van der Waals surface area (Å²) >= 11 is 9.83. The highest BCUT2D eigenvalue weighted by Gasteiger charge is 2.30. The number of carbonyl (C=O) groups excluding carboxylic acids is 1. The quantitative estimate of drug-likeness (QED) is 0.303. The molecule has 0 aliphatic rings. The van der Waals surface area contributed by atoms with Crippen LogP contribution in [-0.2, 0) is 4.79 Å². The summed E-state index contributed by atoms with van der Waals surface area (Å²) in [5, 5.41) is 3.93. The van der Waals surface area contributed by atoms with Gasteiger partial charge in [0, 0.05) is 21.1 Å². The molecule has 0 radical (unpaired) electrons. The van der Waals surface area contributed by atoms with Gasteiger partial charge < -0.3 is 14.5 Å². The molecule has 0 aliphatic heterocycles. The molecule has 1 N–H and O–H groups in total. The van der Waals surface area contributed by atoms with E-state index >= 15 is 0 Å². The van der Waals surface area contributed by atoms with Crippen molar-refractivity contribution in [3.63, 3.8) is 0 Å². The Bertz CT molecular complexity index is 1360. The summed E-state index contributed by atoms with van der Waals surface area (Å²) in [6.45, 7) is 3.36. The van der Waals surface area contributed by atoms with E-state index in [-0.39, 0.29) is 5.91 Å². The first-order valence-corrected chi connectivity index (χ1v) is 11.0. The number of hydrogen-bond acceptors (Lipinski definition) is 4. The Hall–Kier alpha value is -3.09. The number of benzene rings is 3. The van der Waals surface area contributed by atoms with Crippen molar-refractivity contribution >= 4 is 50.1 Å². The minimum absolute atomic E-state index is 0.317. The molecule has 4 rings (SSSR count). The Kier molecular flexibility index (Phi) is 6.09. The Labute approximate surface area is 198 Å². The van der Waals surface area contributed by atoms with E-state index in [2.05, 4.69) is 21.2 Å². The number of hydrogen-bond donors (Lipinski definition) is 1. The standard InChI is InChI=1S/C25H19BrClNO4/c1-25(2,32-18-10-7-16(26)8-11-18)24(30)28-17-9-12-19(21(27)14-17)20-13-15-5-3-4-6-22(15)31-23(20)29/h3-14H,1-2H3,(H,28,30). The van der Waals surface area contributed by atoms with Crippen LogP contribution < -0.4 is 15.7 Å². The van der Waals surface area contributed by atoms with Gasteiger partial charge in [0.15, 0.2) is 5.60 Å². The first kappa shape index (κ1) is 22.1. The van der Waals surface area contributed by atoms with Gasteiger partial charge in [-0.1, -0.05) is 51.8 Å². The summed E-state index contributed by atoms with van der Waals surface area (Å²) in [5.74, 6) is 0.235. The lowest BCUT2D eigenvalue weighted by atomic mass is 10.0. The van der Waals surface area contributed by atoms with E-state index in [1.807, 2.05) is 24.3 Å². The molecular formula is C25H19BrClNO4. The van der Waals surface area contributed by atoms with Crippen LogP contribution in [0.15, 0.2) is 86.5 Å². The fourth-order valence-electron chi connectivity index (χ4n) is 3.19. The van der Waals surface area contributed by atoms with E-state index < -0.39 is 11.2 Å². The molecule has 0 saturated carbocycles. The second-order valence-corrected chi connectivity index (χ2v) is 9.02. The molecule has 1 amide bonds. The van der Waals surface area contributed by atoms with Crippen LogP contribution >= 0.6 is 27.5 Å². The Morgan fingerprint density at radius 3 is 2.44 bits per heavy atom. The molecule has 7 heteroatoms. The monoisotopic (exact) mass is 511 g/mol. The number of ether oxygens (including phenoxy) is 1. The molecule has 0 atom stereocenters. The van der Waals surface area contributed by atoms with Gasteiger partial charge >= 0.3 is 5.63 Å². The third kappa shape index (κ3) is 4.71. The summed E-state index contributed by atoms with van der Waals surface area (Å²) in [6.07, 6.45) is 0. The van der Waals surface area contributed by atoms with Crippen molar-refractivity contribution < 1.29 is 13.9 Å². The number of carbonyl (C=O) groups is 1. The van der Waals surface area contributed by atoms with E-state index in [0.29, 0.717) is 33.2 Å². The molecule has 0 fully saturated rings. The summed E-state index contributed by atoms with van der Waals surface area (Å²) < 4.78 is 12.2. The average molecular weight is 513 g/mol. The van der Waals surface area contributed by atoms with Crippen molar-refractivity contribution in [1.82, 2.24) is 0 Å².